The molecule has 2 aliphatic heterocycles. The Morgan fingerprint density at radius 2 is 1.83 bits per heavy atom. The fourth-order valence-electron chi connectivity index (χ4n) is 4.80. The van der Waals surface area contributed by atoms with Gasteiger partial charge >= 0.3 is 0 Å². The van der Waals surface area contributed by atoms with Crippen molar-refractivity contribution in [1.29, 1.82) is 0 Å². The number of anilines is 1. The fraction of sp³-hybridized carbons (Fsp3) is 0.727. The van der Waals surface area contributed by atoms with Crippen LogP contribution in [0.25, 0.3) is 0 Å². The predicted molar refractivity (Wildman–Crippen MR) is 116 cm³/mol. The smallest absolute Gasteiger partial charge is 0.255 e. The summed E-state index contributed by atoms with van der Waals surface area (Å²) >= 11 is 6.46. The van der Waals surface area contributed by atoms with Gasteiger partial charge < -0.3 is 19.9 Å². The average molecular weight is 421 g/mol. The van der Waals surface area contributed by atoms with Gasteiger partial charge in [-0.05, 0) is 37.7 Å². The molecule has 1 N–H and O–H groups in total. The number of hydrogen-bond donors (Lipinski definition) is 1. The molecule has 4 rings (SSSR count). The van der Waals surface area contributed by atoms with E-state index in [1.807, 2.05) is 0 Å². The van der Waals surface area contributed by atoms with Crippen LogP contribution in [0, 0.1) is 5.92 Å². The number of hydrogen-bond acceptors (Lipinski definition) is 5. The van der Waals surface area contributed by atoms with Gasteiger partial charge in [-0.25, -0.2) is 4.98 Å². The maximum Gasteiger partial charge on any atom is 0.255 e. The lowest BCUT2D eigenvalue weighted by Gasteiger charge is -2.35. The molecule has 1 aliphatic carbocycles. The molecule has 0 unspecified atom stereocenters. The van der Waals surface area contributed by atoms with Gasteiger partial charge in [-0.3, -0.25) is 4.79 Å². The van der Waals surface area contributed by atoms with Crippen molar-refractivity contribution < 1.29 is 9.53 Å². The third kappa shape index (κ3) is 5.62. The molecule has 0 atom stereocenters. The standard InChI is InChI=1S/C22H33ClN4O2/c23-20-14-18(22(28)27-10-12-29-13-11-27)15-24-21(20)25-19-6-8-26(9-7-19)16-17-4-2-1-3-5-17/h14-15,17,19H,1-13,16H2,(H,24,25). The van der Waals surface area contributed by atoms with Gasteiger partial charge in [-0.2, -0.15) is 0 Å². The second-order valence-corrected chi connectivity index (χ2v) is 9.09. The minimum atomic E-state index is -0.0229. The van der Waals surface area contributed by atoms with Crippen LogP contribution >= 0.6 is 11.6 Å². The number of piperidine rings is 1. The fourth-order valence-corrected chi connectivity index (χ4v) is 5.02. The Labute approximate surface area is 178 Å². The van der Waals surface area contributed by atoms with Gasteiger partial charge in [0.25, 0.3) is 5.91 Å². The number of nitrogens with one attached hydrogen (secondary N) is 1. The number of amides is 1. The van der Waals surface area contributed by atoms with Crippen molar-refractivity contribution >= 4 is 23.3 Å². The molecule has 0 bridgehead atoms. The molecular formula is C22H33ClN4O2. The van der Waals surface area contributed by atoms with E-state index >= 15 is 0 Å². The lowest BCUT2D eigenvalue weighted by molar-refractivity contribution is 0.0302. The summed E-state index contributed by atoms with van der Waals surface area (Å²) in [4.78, 5) is 21.5. The maximum absolute atomic E-state index is 12.6. The lowest BCUT2D eigenvalue weighted by atomic mass is 9.88. The van der Waals surface area contributed by atoms with E-state index in [2.05, 4.69) is 15.2 Å². The zero-order chi connectivity index (χ0) is 20.1. The van der Waals surface area contributed by atoms with Crippen molar-refractivity contribution in [3.05, 3.63) is 22.8 Å². The molecular weight excluding hydrogens is 388 g/mol. The SMILES string of the molecule is O=C(c1cnc(NC2CCN(CC3CCCCC3)CC2)c(Cl)c1)N1CCOCC1. The molecule has 7 heteroatoms. The third-order valence-electron chi connectivity index (χ3n) is 6.56. The Kier molecular flexibility index (Phi) is 7.27. The Hall–Kier alpha value is -1.37. The maximum atomic E-state index is 12.6. The van der Waals surface area contributed by atoms with Crippen LogP contribution in [0.15, 0.2) is 12.3 Å². The van der Waals surface area contributed by atoms with Crippen LogP contribution in [0.3, 0.4) is 0 Å². The van der Waals surface area contributed by atoms with Crippen LogP contribution < -0.4 is 5.32 Å². The van der Waals surface area contributed by atoms with Crippen molar-refractivity contribution in [1.82, 2.24) is 14.8 Å². The van der Waals surface area contributed by atoms with Crippen LogP contribution in [0.2, 0.25) is 5.02 Å². The Morgan fingerprint density at radius 1 is 1.10 bits per heavy atom. The molecule has 29 heavy (non-hydrogen) atoms. The largest absolute Gasteiger partial charge is 0.378 e. The highest BCUT2D eigenvalue weighted by molar-refractivity contribution is 6.33. The molecule has 2 saturated heterocycles. The molecule has 1 aromatic heterocycles. The molecule has 0 spiro atoms. The third-order valence-corrected chi connectivity index (χ3v) is 6.84. The summed E-state index contributed by atoms with van der Waals surface area (Å²) in [7, 11) is 0. The number of nitrogens with zero attached hydrogens (tertiary/aromatic N) is 3. The van der Waals surface area contributed by atoms with Crippen LogP contribution in [0.4, 0.5) is 5.82 Å². The number of aromatic nitrogens is 1. The lowest BCUT2D eigenvalue weighted by Crippen LogP contribution is -2.41. The van der Waals surface area contributed by atoms with E-state index in [1.54, 1.807) is 17.2 Å². The van der Waals surface area contributed by atoms with Crippen LogP contribution in [0.5, 0.6) is 0 Å². The summed E-state index contributed by atoms with van der Waals surface area (Å²) in [6, 6.07) is 2.13. The van der Waals surface area contributed by atoms with Gasteiger partial charge in [0.15, 0.2) is 0 Å². The number of ether oxygens (including phenoxy) is 1. The summed E-state index contributed by atoms with van der Waals surface area (Å²) in [5.41, 5.74) is 0.546. The zero-order valence-electron chi connectivity index (χ0n) is 17.2. The second kappa shape index (κ2) is 10.1. The van der Waals surface area contributed by atoms with E-state index < -0.39 is 0 Å². The molecule has 3 heterocycles. The van der Waals surface area contributed by atoms with Gasteiger partial charge in [-0.15, -0.1) is 0 Å². The van der Waals surface area contributed by atoms with Crippen LogP contribution in [0.1, 0.15) is 55.3 Å². The number of pyridine rings is 1. The number of likely N-dealkylation sites (tertiary alicyclic amines) is 1. The molecule has 3 fully saturated rings. The number of carbonyl (C=O) groups excluding carboxylic acids is 1. The topological polar surface area (TPSA) is 57.7 Å². The number of carbonyl (C=O) groups is 1. The van der Waals surface area contributed by atoms with E-state index in [1.165, 1.54) is 38.6 Å². The summed E-state index contributed by atoms with van der Waals surface area (Å²) in [6.07, 6.45) is 10.9. The monoisotopic (exact) mass is 420 g/mol. The van der Waals surface area contributed by atoms with E-state index in [4.69, 9.17) is 16.3 Å². The summed E-state index contributed by atoms with van der Waals surface area (Å²) in [5, 5.41) is 4.03. The first-order chi connectivity index (χ1) is 14.2. The normalized spacial score (nSPS) is 22.6. The van der Waals surface area contributed by atoms with Gasteiger partial charge in [0.1, 0.15) is 5.82 Å². The highest BCUT2D eigenvalue weighted by Crippen LogP contribution is 2.27. The van der Waals surface area contributed by atoms with Crippen molar-refractivity contribution in [2.24, 2.45) is 5.92 Å². The van der Waals surface area contributed by atoms with Crippen molar-refractivity contribution in [2.45, 2.75) is 51.0 Å². The number of morpholine rings is 1. The van der Waals surface area contributed by atoms with Gasteiger partial charge in [0, 0.05) is 45.0 Å². The van der Waals surface area contributed by atoms with Gasteiger partial charge in [0.2, 0.25) is 0 Å². The minimum absolute atomic E-state index is 0.0229. The summed E-state index contributed by atoms with van der Waals surface area (Å²) in [6.45, 7) is 5.96. The minimum Gasteiger partial charge on any atom is -0.378 e. The highest BCUT2D eigenvalue weighted by Gasteiger charge is 2.24. The van der Waals surface area contributed by atoms with Crippen LogP contribution in [-0.4, -0.2) is 72.7 Å². The summed E-state index contributed by atoms with van der Waals surface area (Å²) < 4.78 is 5.31. The number of halogens is 1. The van der Waals surface area contributed by atoms with Crippen molar-refractivity contribution in [3.8, 4) is 0 Å². The molecule has 160 valence electrons. The van der Waals surface area contributed by atoms with E-state index in [-0.39, 0.29) is 5.91 Å². The second-order valence-electron chi connectivity index (χ2n) is 8.68. The first-order valence-electron chi connectivity index (χ1n) is 11.2. The zero-order valence-corrected chi connectivity index (χ0v) is 18.0. The van der Waals surface area contributed by atoms with Crippen molar-refractivity contribution in [3.63, 3.8) is 0 Å². The molecule has 0 aromatic carbocycles. The number of rotatable bonds is 5. The molecule has 3 aliphatic rings. The van der Waals surface area contributed by atoms with E-state index in [0.717, 1.165) is 31.8 Å². The molecule has 1 saturated carbocycles. The van der Waals surface area contributed by atoms with E-state index in [9.17, 15) is 4.79 Å². The molecule has 6 nitrogen and oxygen atoms in total. The van der Waals surface area contributed by atoms with Gasteiger partial charge in [-0.1, -0.05) is 30.9 Å². The first-order valence-corrected chi connectivity index (χ1v) is 11.6. The average Bonchev–Trinajstić information content (AvgIpc) is 2.77. The van der Waals surface area contributed by atoms with Crippen molar-refractivity contribution in [2.75, 3.05) is 51.3 Å². The van der Waals surface area contributed by atoms with Gasteiger partial charge in [0.05, 0.1) is 23.8 Å². The Bertz CT molecular complexity index is 681. The quantitative estimate of drug-likeness (QED) is 0.787. The molecule has 1 aromatic rings. The van der Waals surface area contributed by atoms with Crippen LogP contribution in [-0.2, 0) is 4.74 Å². The highest BCUT2D eigenvalue weighted by atomic mass is 35.5. The first kappa shape index (κ1) is 20.9. The Balaban J connectivity index is 1.27. The van der Waals surface area contributed by atoms with E-state index in [0.29, 0.717) is 48.7 Å². The molecule has 0 radical (unpaired) electrons. The summed E-state index contributed by atoms with van der Waals surface area (Å²) in [5.74, 6) is 1.57. The molecule has 1 amide bonds. The predicted octanol–water partition coefficient (Wildman–Crippen LogP) is 3.66. The Morgan fingerprint density at radius 3 is 2.52 bits per heavy atom.